The van der Waals surface area contributed by atoms with Crippen molar-refractivity contribution in [2.75, 3.05) is 25.0 Å². The summed E-state index contributed by atoms with van der Waals surface area (Å²) >= 11 is 0. The number of benzene rings is 1. The maximum atomic E-state index is 11.7. The van der Waals surface area contributed by atoms with E-state index in [9.17, 15) is 20.0 Å². The van der Waals surface area contributed by atoms with Crippen LogP contribution in [-0.2, 0) is 0 Å². The van der Waals surface area contributed by atoms with E-state index in [1.807, 2.05) is 6.92 Å². The summed E-state index contributed by atoms with van der Waals surface area (Å²) in [6.07, 6.45) is 0.227. The fraction of sp³-hybridized carbons (Fsp3) is 0.500. The largest absolute Gasteiger partial charge is 0.391 e. The highest BCUT2D eigenvalue weighted by molar-refractivity contribution is 5.95. The van der Waals surface area contributed by atoms with Crippen molar-refractivity contribution in [3.05, 3.63) is 33.9 Å². The van der Waals surface area contributed by atoms with Gasteiger partial charge in [-0.25, -0.2) is 0 Å². The Morgan fingerprint density at radius 3 is 2.81 bits per heavy atom. The third kappa shape index (κ3) is 3.13. The van der Waals surface area contributed by atoms with Gasteiger partial charge in [-0.15, -0.1) is 0 Å². The van der Waals surface area contributed by atoms with Crippen LogP contribution in [0.2, 0.25) is 0 Å². The predicted octanol–water partition coefficient (Wildman–Crippen LogP) is 1.16. The fourth-order valence-electron chi connectivity index (χ4n) is 2.48. The molecule has 2 N–H and O–H groups in total. The van der Waals surface area contributed by atoms with E-state index in [0.717, 1.165) is 6.42 Å². The van der Waals surface area contributed by atoms with Crippen LogP contribution in [0.25, 0.3) is 0 Å². The van der Waals surface area contributed by atoms with Crippen molar-refractivity contribution in [3.63, 3.8) is 0 Å². The van der Waals surface area contributed by atoms with Crippen LogP contribution in [0.15, 0.2) is 18.2 Å². The summed E-state index contributed by atoms with van der Waals surface area (Å²) in [6, 6.07) is 4.29. The molecule has 114 valence electrons. The monoisotopic (exact) mass is 293 g/mol. The van der Waals surface area contributed by atoms with Gasteiger partial charge in [0, 0.05) is 31.8 Å². The standard InChI is InChI=1S/C14H19N3O4/c1-9-5-6-16(8-13(9)18)12-7-10(14(19)15-2)3-4-11(12)17(20)21/h3-4,7,9,13,18H,5-6,8H2,1-2H3,(H,15,19). The molecule has 2 rings (SSSR count). The van der Waals surface area contributed by atoms with Crippen LogP contribution >= 0.6 is 0 Å². The van der Waals surface area contributed by atoms with Crippen molar-refractivity contribution >= 4 is 17.3 Å². The van der Waals surface area contributed by atoms with Crippen LogP contribution in [0.1, 0.15) is 23.7 Å². The third-order valence-electron chi connectivity index (χ3n) is 3.92. The van der Waals surface area contributed by atoms with Crippen molar-refractivity contribution in [1.82, 2.24) is 5.32 Å². The number of carbonyl (C=O) groups is 1. The first-order valence-corrected chi connectivity index (χ1v) is 6.87. The van der Waals surface area contributed by atoms with Gasteiger partial charge in [0.1, 0.15) is 5.69 Å². The average Bonchev–Trinajstić information content (AvgIpc) is 2.48. The van der Waals surface area contributed by atoms with Crippen LogP contribution in [-0.4, -0.2) is 42.2 Å². The molecule has 2 unspecified atom stereocenters. The summed E-state index contributed by atoms with van der Waals surface area (Å²) in [5.74, 6) is -0.125. The van der Waals surface area contributed by atoms with Crippen molar-refractivity contribution in [3.8, 4) is 0 Å². The van der Waals surface area contributed by atoms with Gasteiger partial charge in [0.25, 0.3) is 11.6 Å². The van der Waals surface area contributed by atoms with Crippen LogP contribution in [0.5, 0.6) is 0 Å². The molecule has 1 aromatic carbocycles. The number of amides is 1. The van der Waals surface area contributed by atoms with Gasteiger partial charge in [0.2, 0.25) is 0 Å². The van der Waals surface area contributed by atoms with Crippen molar-refractivity contribution < 1.29 is 14.8 Å². The number of hydrogen-bond donors (Lipinski definition) is 2. The summed E-state index contributed by atoms with van der Waals surface area (Å²) < 4.78 is 0. The van der Waals surface area contributed by atoms with Crippen molar-refractivity contribution in [2.24, 2.45) is 5.92 Å². The Bertz CT molecular complexity index is 561. The smallest absolute Gasteiger partial charge is 0.292 e. The van der Waals surface area contributed by atoms with Crippen LogP contribution in [0.3, 0.4) is 0 Å². The van der Waals surface area contributed by atoms with Gasteiger partial charge in [-0.1, -0.05) is 6.92 Å². The number of anilines is 1. The number of nitro benzene ring substituents is 1. The van der Waals surface area contributed by atoms with Gasteiger partial charge in [-0.3, -0.25) is 14.9 Å². The molecular formula is C14H19N3O4. The van der Waals surface area contributed by atoms with Gasteiger partial charge in [0.05, 0.1) is 11.0 Å². The summed E-state index contributed by atoms with van der Waals surface area (Å²) in [4.78, 5) is 24.2. The first-order chi connectivity index (χ1) is 9.93. The lowest BCUT2D eigenvalue weighted by atomic mass is 9.95. The number of aliphatic hydroxyl groups excluding tert-OH is 1. The molecule has 0 saturated carbocycles. The van der Waals surface area contributed by atoms with Gasteiger partial charge >= 0.3 is 0 Å². The van der Waals surface area contributed by atoms with Crippen molar-refractivity contribution in [1.29, 1.82) is 0 Å². The number of piperidine rings is 1. The number of nitrogens with one attached hydrogen (secondary N) is 1. The number of β-amino-alcohol motifs (C(OH)–C–C–N with tert-alkyl or cyclic N) is 1. The van der Waals surface area contributed by atoms with E-state index < -0.39 is 11.0 Å². The summed E-state index contributed by atoms with van der Waals surface area (Å²) in [5.41, 5.74) is 0.697. The van der Waals surface area contributed by atoms with Crippen molar-refractivity contribution in [2.45, 2.75) is 19.4 Å². The maximum absolute atomic E-state index is 11.7. The molecule has 1 aliphatic rings. The number of nitro groups is 1. The topological polar surface area (TPSA) is 95.7 Å². The zero-order valence-electron chi connectivity index (χ0n) is 12.1. The Hall–Kier alpha value is -2.15. The van der Waals surface area contributed by atoms with Crippen LogP contribution in [0, 0.1) is 16.0 Å². The molecule has 21 heavy (non-hydrogen) atoms. The lowest BCUT2D eigenvalue weighted by Crippen LogP contribution is -2.43. The van der Waals surface area contributed by atoms with Crippen LogP contribution < -0.4 is 10.2 Å². The zero-order chi connectivity index (χ0) is 15.6. The Kier molecular flexibility index (Phi) is 4.42. The average molecular weight is 293 g/mol. The minimum atomic E-state index is -0.526. The highest BCUT2D eigenvalue weighted by atomic mass is 16.6. The van der Waals surface area contributed by atoms with E-state index in [1.165, 1.54) is 25.2 Å². The summed E-state index contributed by atoms with van der Waals surface area (Å²) in [7, 11) is 1.51. The minimum Gasteiger partial charge on any atom is -0.391 e. The fourth-order valence-corrected chi connectivity index (χ4v) is 2.48. The predicted molar refractivity (Wildman–Crippen MR) is 78.5 cm³/mol. The Morgan fingerprint density at radius 1 is 1.52 bits per heavy atom. The Labute approximate surface area is 122 Å². The number of hydrogen-bond acceptors (Lipinski definition) is 5. The maximum Gasteiger partial charge on any atom is 0.292 e. The first kappa shape index (κ1) is 15.2. The van der Waals surface area contributed by atoms with Crippen LogP contribution in [0.4, 0.5) is 11.4 Å². The molecule has 1 aromatic rings. The van der Waals surface area contributed by atoms with E-state index in [0.29, 0.717) is 24.3 Å². The van der Waals surface area contributed by atoms with E-state index in [-0.39, 0.29) is 17.5 Å². The lowest BCUT2D eigenvalue weighted by Gasteiger charge is -2.35. The molecule has 0 aromatic heterocycles. The second-order valence-electron chi connectivity index (χ2n) is 5.32. The molecule has 7 nitrogen and oxygen atoms in total. The van der Waals surface area contributed by atoms with E-state index >= 15 is 0 Å². The van der Waals surface area contributed by atoms with Gasteiger partial charge < -0.3 is 15.3 Å². The van der Waals surface area contributed by atoms with Gasteiger partial charge in [-0.05, 0) is 24.5 Å². The minimum absolute atomic E-state index is 0.0515. The summed E-state index contributed by atoms with van der Waals surface area (Å²) in [5, 5.41) is 23.6. The number of aliphatic hydroxyl groups is 1. The van der Waals surface area contributed by atoms with E-state index in [4.69, 9.17) is 0 Å². The molecule has 1 saturated heterocycles. The highest BCUT2D eigenvalue weighted by Crippen LogP contribution is 2.32. The van der Waals surface area contributed by atoms with Gasteiger partial charge in [-0.2, -0.15) is 0 Å². The normalized spacial score (nSPS) is 22.0. The highest BCUT2D eigenvalue weighted by Gasteiger charge is 2.29. The van der Waals surface area contributed by atoms with Gasteiger partial charge in [0.15, 0.2) is 0 Å². The molecule has 1 amide bonds. The quantitative estimate of drug-likeness (QED) is 0.644. The number of rotatable bonds is 3. The van der Waals surface area contributed by atoms with E-state index in [2.05, 4.69) is 5.32 Å². The lowest BCUT2D eigenvalue weighted by molar-refractivity contribution is -0.384. The second kappa shape index (κ2) is 6.09. The molecule has 2 atom stereocenters. The Morgan fingerprint density at radius 2 is 2.24 bits per heavy atom. The molecule has 7 heteroatoms. The second-order valence-corrected chi connectivity index (χ2v) is 5.32. The third-order valence-corrected chi connectivity index (χ3v) is 3.92. The molecule has 0 aliphatic carbocycles. The number of nitrogens with zero attached hydrogens (tertiary/aromatic N) is 2. The molecule has 0 spiro atoms. The van der Waals surface area contributed by atoms with E-state index in [1.54, 1.807) is 4.90 Å². The molecular weight excluding hydrogens is 274 g/mol. The molecule has 0 radical (unpaired) electrons. The molecule has 1 heterocycles. The molecule has 0 bridgehead atoms. The summed E-state index contributed by atoms with van der Waals surface area (Å²) in [6.45, 7) is 2.91. The number of carbonyl (C=O) groups excluding carboxylic acids is 1. The molecule has 1 aliphatic heterocycles. The Balaban J connectivity index is 2.39. The first-order valence-electron chi connectivity index (χ1n) is 6.87. The SMILES string of the molecule is CNC(=O)c1ccc([N+](=O)[O-])c(N2CCC(C)C(O)C2)c1. The molecule has 1 fully saturated rings. The zero-order valence-corrected chi connectivity index (χ0v) is 12.1.